The summed E-state index contributed by atoms with van der Waals surface area (Å²) < 4.78 is 5.28. The highest BCUT2D eigenvalue weighted by Gasteiger charge is 2.37. The van der Waals surface area contributed by atoms with Crippen LogP contribution < -0.4 is 0 Å². The van der Waals surface area contributed by atoms with Gasteiger partial charge in [-0.15, -0.1) is 0 Å². The third kappa shape index (κ3) is 4.04. The van der Waals surface area contributed by atoms with Crippen molar-refractivity contribution >= 4 is 5.97 Å². The molecule has 1 aliphatic carbocycles. The van der Waals surface area contributed by atoms with Crippen LogP contribution in [0.5, 0.6) is 0 Å². The molecule has 0 aromatic heterocycles. The van der Waals surface area contributed by atoms with Gasteiger partial charge in [-0.05, 0) is 76.1 Å². The van der Waals surface area contributed by atoms with Crippen molar-refractivity contribution in [1.82, 2.24) is 0 Å². The molecule has 160 valence electrons. The van der Waals surface area contributed by atoms with Crippen molar-refractivity contribution in [3.63, 3.8) is 0 Å². The average molecular weight is 413 g/mol. The number of fused-ring (bicyclic) bond motifs is 1. The van der Waals surface area contributed by atoms with Crippen LogP contribution in [0.3, 0.4) is 0 Å². The zero-order valence-corrected chi connectivity index (χ0v) is 19.3. The summed E-state index contributed by atoms with van der Waals surface area (Å²) >= 11 is 0. The number of hydrogen-bond acceptors (Lipinski definition) is 2. The van der Waals surface area contributed by atoms with E-state index in [1.54, 1.807) is 0 Å². The van der Waals surface area contributed by atoms with E-state index >= 15 is 0 Å². The lowest BCUT2D eigenvalue weighted by Gasteiger charge is -2.42. The second kappa shape index (κ2) is 8.00. The fourth-order valence-electron chi connectivity index (χ4n) is 4.75. The zero-order chi connectivity index (χ0) is 22.2. The Bertz CT molecular complexity index is 1110. The molecule has 0 aliphatic heterocycles. The number of carbonyl (C=O) groups is 1. The molecule has 3 aromatic rings. The molecule has 4 rings (SSSR count). The number of hydrogen-bond donors (Lipinski definition) is 0. The summed E-state index contributed by atoms with van der Waals surface area (Å²) in [6, 6.07) is 23.2. The normalized spacial score (nSPS) is 16.4. The molecule has 2 heteroatoms. The predicted octanol–water partition coefficient (Wildman–Crippen LogP) is 7.55. The smallest absolute Gasteiger partial charge is 0.338 e. The average Bonchev–Trinajstić information content (AvgIpc) is 2.77. The van der Waals surface area contributed by atoms with Crippen molar-refractivity contribution in [3.8, 4) is 22.3 Å². The Hall–Kier alpha value is -2.87. The molecule has 31 heavy (non-hydrogen) atoms. The first-order chi connectivity index (χ1) is 14.7. The van der Waals surface area contributed by atoms with E-state index in [1.165, 1.54) is 24.0 Å². The van der Waals surface area contributed by atoms with E-state index in [2.05, 4.69) is 70.2 Å². The van der Waals surface area contributed by atoms with Crippen LogP contribution in [0.15, 0.2) is 66.7 Å². The SMILES string of the molecule is CCOC(=O)c1ccc(-c2ccccc2)c(-c2ccc3c(c2)C(C)(C)CCC3(C)C)c1. The molecule has 0 saturated heterocycles. The van der Waals surface area contributed by atoms with E-state index in [0.29, 0.717) is 12.2 Å². The van der Waals surface area contributed by atoms with Gasteiger partial charge in [0.05, 0.1) is 12.2 Å². The highest BCUT2D eigenvalue weighted by Crippen LogP contribution is 2.47. The lowest BCUT2D eigenvalue weighted by molar-refractivity contribution is 0.0526. The summed E-state index contributed by atoms with van der Waals surface area (Å²) in [6.07, 6.45) is 2.37. The van der Waals surface area contributed by atoms with Gasteiger partial charge in [-0.1, -0.05) is 82.3 Å². The van der Waals surface area contributed by atoms with E-state index in [-0.39, 0.29) is 16.8 Å². The summed E-state index contributed by atoms with van der Waals surface area (Å²) in [7, 11) is 0. The first-order valence-electron chi connectivity index (χ1n) is 11.2. The van der Waals surface area contributed by atoms with Crippen LogP contribution in [0.2, 0.25) is 0 Å². The number of benzene rings is 3. The summed E-state index contributed by atoms with van der Waals surface area (Å²) in [6.45, 7) is 11.6. The Morgan fingerprint density at radius 1 is 0.774 bits per heavy atom. The van der Waals surface area contributed by atoms with Crippen molar-refractivity contribution in [2.24, 2.45) is 0 Å². The molecule has 0 spiro atoms. The molecule has 0 N–H and O–H groups in total. The maximum absolute atomic E-state index is 12.5. The molecule has 3 aromatic carbocycles. The van der Waals surface area contributed by atoms with E-state index in [1.807, 2.05) is 31.2 Å². The minimum Gasteiger partial charge on any atom is -0.462 e. The summed E-state index contributed by atoms with van der Waals surface area (Å²) in [5.74, 6) is -0.275. The second-order valence-electron chi connectivity index (χ2n) is 9.87. The van der Waals surface area contributed by atoms with Crippen LogP contribution in [0.1, 0.15) is 68.9 Å². The molecule has 0 atom stereocenters. The molecule has 0 unspecified atom stereocenters. The molecule has 0 saturated carbocycles. The number of carbonyl (C=O) groups excluding carboxylic acids is 1. The van der Waals surface area contributed by atoms with Crippen molar-refractivity contribution in [2.75, 3.05) is 6.61 Å². The van der Waals surface area contributed by atoms with E-state index in [9.17, 15) is 4.79 Å². The van der Waals surface area contributed by atoms with Crippen LogP contribution in [-0.4, -0.2) is 12.6 Å². The highest BCUT2D eigenvalue weighted by atomic mass is 16.5. The summed E-state index contributed by atoms with van der Waals surface area (Å²) in [4.78, 5) is 12.5. The Morgan fingerprint density at radius 2 is 1.45 bits per heavy atom. The summed E-state index contributed by atoms with van der Waals surface area (Å²) in [5.41, 5.74) is 8.25. The van der Waals surface area contributed by atoms with E-state index in [0.717, 1.165) is 22.3 Å². The van der Waals surface area contributed by atoms with E-state index < -0.39 is 0 Å². The minimum absolute atomic E-state index is 0.131. The summed E-state index contributed by atoms with van der Waals surface area (Å²) in [5, 5.41) is 0. The van der Waals surface area contributed by atoms with Crippen molar-refractivity contribution < 1.29 is 9.53 Å². The molecule has 0 fully saturated rings. The Morgan fingerprint density at radius 3 is 2.13 bits per heavy atom. The number of ether oxygens (including phenoxy) is 1. The third-order valence-electron chi connectivity index (χ3n) is 6.78. The maximum Gasteiger partial charge on any atom is 0.338 e. The molecule has 0 bridgehead atoms. The Labute approximate surface area is 186 Å². The first-order valence-corrected chi connectivity index (χ1v) is 11.2. The van der Waals surface area contributed by atoms with Crippen LogP contribution >= 0.6 is 0 Å². The standard InChI is InChI=1S/C29H32O2/c1-6-31-27(30)22-12-14-23(20-10-8-7-9-11-20)24(18-22)21-13-15-25-26(19-21)29(4,5)17-16-28(25,2)3/h7-15,18-19H,6,16-17H2,1-5H3. The van der Waals surface area contributed by atoms with Gasteiger partial charge in [0.15, 0.2) is 0 Å². The van der Waals surface area contributed by atoms with Gasteiger partial charge in [-0.25, -0.2) is 4.79 Å². The Kier molecular flexibility index (Phi) is 5.51. The van der Waals surface area contributed by atoms with Gasteiger partial charge in [0, 0.05) is 0 Å². The molecule has 1 aliphatic rings. The number of rotatable bonds is 4. The topological polar surface area (TPSA) is 26.3 Å². The van der Waals surface area contributed by atoms with Gasteiger partial charge in [-0.3, -0.25) is 0 Å². The molecule has 0 radical (unpaired) electrons. The third-order valence-corrected chi connectivity index (χ3v) is 6.78. The van der Waals surface area contributed by atoms with Gasteiger partial charge in [0.1, 0.15) is 0 Å². The van der Waals surface area contributed by atoms with Gasteiger partial charge >= 0.3 is 5.97 Å². The molecule has 2 nitrogen and oxygen atoms in total. The van der Waals surface area contributed by atoms with Gasteiger partial charge in [0.2, 0.25) is 0 Å². The largest absolute Gasteiger partial charge is 0.462 e. The van der Waals surface area contributed by atoms with Crippen LogP contribution in [0, 0.1) is 0 Å². The first kappa shape index (κ1) is 21.4. The van der Waals surface area contributed by atoms with Gasteiger partial charge < -0.3 is 4.74 Å². The van der Waals surface area contributed by atoms with Crippen molar-refractivity contribution in [2.45, 2.75) is 58.3 Å². The fraction of sp³-hybridized carbons (Fsp3) is 0.345. The lowest BCUT2D eigenvalue weighted by Crippen LogP contribution is -2.33. The molecular weight excluding hydrogens is 380 g/mol. The van der Waals surface area contributed by atoms with Gasteiger partial charge in [0.25, 0.3) is 0 Å². The Balaban J connectivity index is 1.92. The zero-order valence-electron chi connectivity index (χ0n) is 19.3. The minimum atomic E-state index is -0.275. The maximum atomic E-state index is 12.5. The molecule has 0 heterocycles. The van der Waals surface area contributed by atoms with Crippen molar-refractivity contribution in [3.05, 3.63) is 83.4 Å². The monoisotopic (exact) mass is 412 g/mol. The molecular formula is C29H32O2. The second-order valence-corrected chi connectivity index (χ2v) is 9.87. The van der Waals surface area contributed by atoms with Crippen LogP contribution in [0.4, 0.5) is 0 Å². The van der Waals surface area contributed by atoms with Crippen LogP contribution in [-0.2, 0) is 15.6 Å². The quantitative estimate of drug-likeness (QED) is 0.414. The lowest BCUT2D eigenvalue weighted by atomic mass is 9.63. The van der Waals surface area contributed by atoms with Crippen molar-refractivity contribution in [1.29, 1.82) is 0 Å². The van der Waals surface area contributed by atoms with E-state index in [4.69, 9.17) is 4.74 Å². The fourth-order valence-corrected chi connectivity index (χ4v) is 4.75. The van der Waals surface area contributed by atoms with Crippen LogP contribution in [0.25, 0.3) is 22.3 Å². The predicted molar refractivity (Wildman–Crippen MR) is 129 cm³/mol. The van der Waals surface area contributed by atoms with Gasteiger partial charge in [-0.2, -0.15) is 0 Å². The molecule has 0 amide bonds. The number of esters is 1. The highest BCUT2D eigenvalue weighted by molar-refractivity contribution is 5.94.